The smallest absolute Gasteiger partial charge is 0.416 e. The number of alkyl halides is 3. The number of non-ortho nitro benzene ring substituents is 1. The van der Waals surface area contributed by atoms with Gasteiger partial charge in [0.2, 0.25) is 0 Å². The number of hydrogen-bond donors (Lipinski definition) is 1. The average molecular weight is 368 g/mol. The number of carbonyl (C=O) groups excluding carboxylic acids is 2. The molecule has 0 saturated heterocycles. The Morgan fingerprint density at radius 1 is 1.12 bits per heavy atom. The van der Waals surface area contributed by atoms with Crippen molar-refractivity contribution < 1.29 is 32.4 Å². The van der Waals surface area contributed by atoms with Gasteiger partial charge in [0.25, 0.3) is 11.6 Å². The van der Waals surface area contributed by atoms with Gasteiger partial charge in [-0.2, -0.15) is 13.2 Å². The van der Waals surface area contributed by atoms with Crippen molar-refractivity contribution in [2.24, 2.45) is 0 Å². The van der Waals surface area contributed by atoms with Crippen LogP contribution >= 0.6 is 0 Å². The molecule has 0 aliphatic rings. The van der Waals surface area contributed by atoms with Gasteiger partial charge >= 0.3 is 12.1 Å². The van der Waals surface area contributed by atoms with Crippen molar-refractivity contribution in [3.63, 3.8) is 0 Å². The van der Waals surface area contributed by atoms with Gasteiger partial charge in [-0.3, -0.25) is 14.9 Å². The summed E-state index contributed by atoms with van der Waals surface area (Å²) in [4.78, 5) is 33.4. The highest BCUT2D eigenvalue weighted by atomic mass is 19.4. The van der Waals surface area contributed by atoms with E-state index in [1.165, 1.54) is 18.2 Å². The summed E-state index contributed by atoms with van der Waals surface area (Å²) in [5.41, 5.74) is -1.20. The van der Waals surface area contributed by atoms with Gasteiger partial charge in [-0.05, 0) is 30.3 Å². The van der Waals surface area contributed by atoms with E-state index in [9.17, 15) is 32.9 Å². The van der Waals surface area contributed by atoms with Crippen molar-refractivity contribution in [1.82, 2.24) is 0 Å². The van der Waals surface area contributed by atoms with Crippen LogP contribution in [0, 0.1) is 10.1 Å². The molecular weight excluding hydrogens is 357 g/mol. The van der Waals surface area contributed by atoms with Crippen LogP contribution in [0.4, 0.5) is 24.5 Å². The summed E-state index contributed by atoms with van der Waals surface area (Å²) < 4.78 is 42.1. The molecule has 0 unspecified atom stereocenters. The van der Waals surface area contributed by atoms with Gasteiger partial charge in [0.1, 0.15) is 0 Å². The minimum absolute atomic E-state index is 0.0920. The normalized spacial score (nSPS) is 10.9. The number of esters is 1. The predicted molar refractivity (Wildman–Crippen MR) is 83.5 cm³/mol. The topological polar surface area (TPSA) is 98.5 Å². The number of nitro groups is 1. The van der Waals surface area contributed by atoms with Gasteiger partial charge < -0.3 is 10.1 Å². The van der Waals surface area contributed by atoms with Crippen molar-refractivity contribution in [1.29, 1.82) is 0 Å². The van der Waals surface area contributed by atoms with Crippen LogP contribution in [0.3, 0.4) is 0 Å². The fourth-order valence-corrected chi connectivity index (χ4v) is 1.90. The average Bonchev–Trinajstić information content (AvgIpc) is 2.59. The maximum Gasteiger partial charge on any atom is 0.416 e. The molecule has 136 valence electrons. The third-order valence-electron chi connectivity index (χ3n) is 3.12. The fourth-order valence-electron chi connectivity index (χ4n) is 1.90. The molecule has 2 aromatic rings. The number of anilines is 1. The van der Waals surface area contributed by atoms with Crippen LogP contribution in [-0.2, 0) is 15.7 Å². The number of rotatable bonds is 5. The highest BCUT2D eigenvalue weighted by Gasteiger charge is 2.30. The van der Waals surface area contributed by atoms with E-state index in [1.807, 2.05) is 0 Å². The SMILES string of the molecule is O=C(COC(=O)c1cccc([N+](=O)[O-])c1)Nc1ccc(C(F)(F)F)cc1. The highest BCUT2D eigenvalue weighted by molar-refractivity contribution is 5.95. The van der Waals surface area contributed by atoms with Crippen molar-refractivity contribution >= 4 is 23.3 Å². The lowest BCUT2D eigenvalue weighted by Gasteiger charge is -2.09. The third kappa shape index (κ3) is 5.03. The summed E-state index contributed by atoms with van der Waals surface area (Å²) in [5.74, 6) is -1.72. The maximum absolute atomic E-state index is 12.4. The lowest BCUT2D eigenvalue weighted by molar-refractivity contribution is -0.384. The van der Waals surface area contributed by atoms with E-state index in [0.29, 0.717) is 0 Å². The lowest BCUT2D eigenvalue weighted by atomic mass is 10.2. The molecule has 0 aromatic heterocycles. The third-order valence-corrected chi connectivity index (χ3v) is 3.12. The summed E-state index contributed by atoms with van der Waals surface area (Å²) in [6, 6.07) is 8.46. The van der Waals surface area contributed by atoms with Crippen molar-refractivity contribution in [2.45, 2.75) is 6.18 Å². The lowest BCUT2D eigenvalue weighted by Crippen LogP contribution is -2.21. The molecule has 1 amide bonds. The predicted octanol–water partition coefficient (Wildman–Crippen LogP) is 3.41. The Balaban J connectivity index is 1.91. The van der Waals surface area contributed by atoms with Crippen molar-refractivity contribution in [3.8, 4) is 0 Å². The van der Waals surface area contributed by atoms with Crippen LogP contribution in [0.5, 0.6) is 0 Å². The molecule has 0 bridgehead atoms. The molecule has 0 radical (unpaired) electrons. The molecular formula is C16H11F3N2O5. The Kier molecular flexibility index (Phi) is 5.55. The Labute approximate surface area is 144 Å². The second kappa shape index (κ2) is 7.64. The molecule has 7 nitrogen and oxygen atoms in total. The Morgan fingerprint density at radius 2 is 1.77 bits per heavy atom. The number of nitrogens with one attached hydrogen (secondary N) is 1. The van der Waals surface area contributed by atoms with Gasteiger partial charge in [-0.25, -0.2) is 4.79 Å². The molecule has 26 heavy (non-hydrogen) atoms. The minimum atomic E-state index is -4.49. The number of nitro benzene ring substituents is 1. The van der Waals surface area contributed by atoms with Crippen LogP contribution < -0.4 is 5.32 Å². The molecule has 10 heteroatoms. The van der Waals surface area contributed by atoms with Crippen LogP contribution in [0.25, 0.3) is 0 Å². The Bertz CT molecular complexity index is 835. The quantitative estimate of drug-likeness (QED) is 0.495. The molecule has 0 spiro atoms. The standard InChI is InChI=1S/C16H11F3N2O5/c17-16(18,19)11-4-6-12(7-5-11)20-14(22)9-26-15(23)10-2-1-3-13(8-10)21(24)25/h1-8H,9H2,(H,20,22). The van der Waals surface area contributed by atoms with E-state index < -0.39 is 35.1 Å². The molecule has 0 fully saturated rings. The van der Waals surface area contributed by atoms with Gasteiger partial charge in [0.05, 0.1) is 16.1 Å². The molecule has 0 atom stereocenters. The maximum atomic E-state index is 12.4. The van der Waals surface area contributed by atoms with Gasteiger partial charge in [0, 0.05) is 17.8 Å². The number of ether oxygens (including phenoxy) is 1. The Hall–Kier alpha value is -3.43. The summed E-state index contributed by atoms with van der Waals surface area (Å²) in [5, 5.41) is 12.9. The van der Waals surface area contributed by atoms with Gasteiger partial charge in [-0.1, -0.05) is 6.07 Å². The van der Waals surface area contributed by atoms with Crippen LogP contribution in [0.15, 0.2) is 48.5 Å². The monoisotopic (exact) mass is 368 g/mol. The van der Waals surface area contributed by atoms with E-state index in [-0.39, 0.29) is 16.9 Å². The zero-order valence-electron chi connectivity index (χ0n) is 12.9. The van der Waals surface area contributed by atoms with Crippen LogP contribution in [0.2, 0.25) is 0 Å². The van der Waals surface area contributed by atoms with Crippen molar-refractivity contribution in [2.75, 3.05) is 11.9 Å². The van der Waals surface area contributed by atoms with E-state index in [1.54, 1.807) is 0 Å². The number of benzene rings is 2. The van der Waals surface area contributed by atoms with E-state index in [2.05, 4.69) is 5.32 Å². The second-order valence-electron chi connectivity index (χ2n) is 5.01. The number of amides is 1. The molecule has 0 aliphatic heterocycles. The van der Waals surface area contributed by atoms with E-state index >= 15 is 0 Å². The molecule has 0 heterocycles. The van der Waals surface area contributed by atoms with Gasteiger partial charge in [0.15, 0.2) is 6.61 Å². The highest BCUT2D eigenvalue weighted by Crippen LogP contribution is 2.29. The fraction of sp³-hybridized carbons (Fsp3) is 0.125. The summed E-state index contributed by atoms with van der Waals surface area (Å²) in [6.45, 7) is -0.706. The molecule has 0 saturated carbocycles. The molecule has 1 N–H and O–H groups in total. The van der Waals surface area contributed by atoms with E-state index in [4.69, 9.17) is 4.74 Å². The first kappa shape index (κ1) is 18.9. The second-order valence-corrected chi connectivity index (χ2v) is 5.01. The molecule has 2 rings (SSSR count). The molecule has 2 aromatic carbocycles. The van der Waals surface area contributed by atoms with Crippen molar-refractivity contribution in [3.05, 3.63) is 69.8 Å². The number of halogens is 3. The minimum Gasteiger partial charge on any atom is -0.452 e. The number of hydrogen-bond acceptors (Lipinski definition) is 5. The first-order valence-corrected chi connectivity index (χ1v) is 7.05. The first-order chi connectivity index (χ1) is 12.2. The number of nitrogens with zero attached hydrogens (tertiary/aromatic N) is 1. The van der Waals surface area contributed by atoms with Crippen LogP contribution in [0.1, 0.15) is 15.9 Å². The zero-order chi connectivity index (χ0) is 19.3. The summed E-state index contributed by atoms with van der Waals surface area (Å²) in [6.07, 6.45) is -4.49. The number of carbonyl (C=O) groups is 2. The first-order valence-electron chi connectivity index (χ1n) is 7.05. The Morgan fingerprint density at radius 3 is 2.35 bits per heavy atom. The molecule has 0 aliphatic carbocycles. The largest absolute Gasteiger partial charge is 0.452 e. The summed E-state index contributed by atoms with van der Waals surface area (Å²) in [7, 11) is 0. The van der Waals surface area contributed by atoms with Gasteiger partial charge in [-0.15, -0.1) is 0 Å². The van der Waals surface area contributed by atoms with E-state index in [0.717, 1.165) is 30.3 Å². The van der Waals surface area contributed by atoms with Crippen LogP contribution in [-0.4, -0.2) is 23.4 Å². The summed E-state index contributed by atoms with van der Waals surface area (Å²) >= 11 is 0. The zero-order valence-corrected chi connectivity index (χ0v) is 12.9.